The lowest BCUT2D eigenvalue weighted by Crippen LogP contribution is -2.23. The molecule has 0 aliphatic rings. The number of hydrogen-bond acceptors (Lipinski definition) is 6. The topological polar surface area (TPSA) is 112 Å². The van der Waals surface area contributed by atoms with Crippen molar-refractivity contribution in [3.05, 3.63) is 105 Å². The fourth-order valence-corrected chi connectivity index (χ4v) is 5.17. The Balaban J connectivity index is 1.46. The minimum Gasteiger partial charge on any atom is -0.476 e. The first-order valence-electron chi connectivity index (χ1n) is 11.6. The predicted octanol–water partition coefficient (Wildman–Crippen LogP) is 6.27. The van der Waals surface area contributed by atoms with Crippen LogP contribution in [0, 0.1) is 6.92 Å². The van der Waals surface area contributed by atoms with Crippen molar-refractivity contribution in [1.82, 2.24) is 0 Å². The smallest absolute Gasteiger partial charge is 0.262 e. The fraction of sp³-hybridized carbons (Fsp3) is 0.0690. The van der Waals surface area contributed by atoms with Crippen molar-refractivity contribution in [3.63, 3.8) is 0 Å². The molecule has 0 bridgehead atoms. The van der Waals surface area contributed by atoms with Gasteiger partial charge in [0.25, 0.3) is 11.8 Å². The van der Waals surface area contributed by atoms with Gasteiger partial charge in [-0.05, 0) is 36.2 Å². The van der Waals surface area contributed by atoms with Crippen LogP contribution in [0.2, 0.25) is 5.02 Å². The van der Waals surface area contributed by atoms with Gasteiger partial charge in [0, 0.05) is 15.5 Å². The lowest BCUT2D eigenvalue weighted by atomic mass is 10.1. The highest BCUT2D eigenvalue weighted by Gasteiger charge is 2.21. The van der Waals surface area contributed by atoms with Crippen LogP contribution in [0.25, 0.3) is 32.7 Å². The van der Waals surface area contributed by atoms with Gasteiger partial charge in [-0.2, -0.15) is 0 Å². The third kappa shape index (κ3) is 5.04. The minimum absolute atomic E-state index is 0.120. The number of nitrogens with two attached hydrogens (primary N) is 1. The van der Waals surface area contributed by atoms with E-state index in [9.17, 15) is 14.4 Å². The molecule has 9 heteroatoms. The standard InChI is InChI=1S/C29H21ClN2O5S/c1-16-12-22-19(13-21(16)30)25(34)27(26(37-22)18-10-6-3-7-11-18)36-15-24(33)32-29-20(28(31)35)14-23(38-29)17-8-4-2-5-9-17/h2-14H,15H2,1H3,(H2,31,35)(H,32,33). The van der Waals surface area contributed by atoms with Crippen LogP contribution in [0.1, 0.15) is 15.9 Å². The highest BCUT2D eigenvalue weighted by Crippen LogP contribution is 2.36. The van der Waals surface area contributed by atoms with E-state index in [2.05, 4.69) is 5.32 Å². The molecule has 0 unspecified atom stereocenters. The van der Waals surface area contributed by atoms with Crippen molar-refractivity contribution in [2.45, 2.75) is 6.92 Å². The average molecular weight is 545 g/mol. The first kappa shape index (κ1) is 25.3. The zero-order chi connectivity index (χ0) is 26.8. The Morgan fingerprint density at radius 2 is 1.66 bits per heavy atom. The fourth-order valence-electron chi connectivity index (χ4n) is 3.92. The monoisotopic (exact) mass is 544 g/mol. The van der Waals surface area contributed by atoms with Gasteiger partial charge in [0.15, 0.2) is 12.4 Å². The third-order valence-electron chi connectivity index (χ3n) is 5.82. The van der Waals surface area contributed by atoms with E-state index in [0.717, 1.165) is 16.0 Å². The maximum Gasteiger partial charge on any atom is 0.262 e. The molecule has 190 valence electrons. The molecule has 0 saturated carbocycles. The molecule has 5 rings (SSSR count). The summed E-state index contributed by atoms with van der Waals surface area (Å²) >= 11 is 7.47. The second kappa shape index (κ2) is 10.5. The number of carbonyl (C=O) groups excluding carboxylic acids is 2. The zero-order valence-electron chi connectivity index (χ0n) is 20.1. The number of ether oxygens (including phenoxy) is 1. The number of benzene rings is 3. The number of hydrogen-bond donors (Lipinski definition) is 2. The highest BCUT2D eigenvalue weighted by atomic mass is 35.5. The van der Waals surface area contributed by atoms with Gasteiger partial charge >= 0.3 is 0 Å². The van der Waals surface area contributed by atoms with Gasteiger partial charge < -0.3 is 20.2 Å². The Hall–Kier alpha value is -4.40. The second-order valence-corrected chi connectivity index (χ2v) is 9.93. The van der Waals surface area contributed by atoms with Crippen LogP contribution in [-0.2, 0) is 4.79 Å². The first-order chi connectivity index (χ1) is 18.3. The van der Waals surface area contributed by atoms with Gasteiger partial charge in [0.05, 0.1) is 10.9 Å². The van der Waals surface area contributed by atoms with E-state index in [1.165, 1.54) is 17.4 Å². The highest BCUT2D eigenvalue weighted by molar-refractivity contribution is 7.20. The van der Waals surface area contributed by atoms with Gasteiger partial charge in [0.1, 0.15) is 10.6 Å². The Bertz CT molecular complexity index is 1730. The number of aryl methyl sites for hydroxylation is 1. The second-order valence-electron chi connectivity index (χ2n) is 8.47. The van der Waals surface area contributed by atoms with Crippen LogP contribution in [0.3, 0.4) is 0 Å². The third-order valence-corrected chi connectivity index (χ3v) is 7.33. The van der Waals surface area contributed by atoms with E-state index in [0.29, 0.717) is 21.2 Å². The number of thiophene rings is 1. The first-order valence-corrected chi connectivity index (χ1v) is 12.8. The number of nitrogens with one attached hydrogen (secondary N) is 1. The van der Waals surface area contributed by atoms with E-state index in [1.54, 1.807) is 36.4 Å². The normalized spacial score (nSPS) is 10.9. The number of primary amides is 1. The number of anilines is 1. The van der Waals surface area contributed by atoms with Gasteiger partial charge in [-0.15, -0.1) is 11.3 Å². The summed E-state index contributed by atoms with van der Waals surface area (Å²) in [7, 11) is 0. The molecule has 38 heavy (non-hydrogen) atoms. The molecule has 2 aromatic heterocycles. The summed E-state index contributed by atoms with van der Waals surface area (Å²) in [6, 6.07) is 23.2. The van der Waals surface area contributed by atoms with Crippen molar-refractivity contribution in [3.8, 4) is 27.5 Å². The molecule has 0 aliphatic heterocycles. The SMILES string of the molecule is Cc1cc2oc(-c3ccccc3)c(OCC(=O)Nc3sc(-c4ccccc4)cc3C(N)=O)c(=O)c2cc1Cl. The Labute approximate surface area is 226 Å². The van der Waals surface area contributed by atoms with E-state index in [1.807, 2.05) is 43.3 Å². The molecule has 0 aliphatic carbocycles. The lowest BCUT2D eigenvalue weighted by molar-refractivity contribution is -0.118. The van der Waals surface area contributed by atoms with Crippen molar-refractivity contribution in [2.75, 3.05) is 11.9 Å². The maximum atomic E-state index is 13.4. The summed E-state index contributed by atoms with van der Waals surface area (Å²) in [5, 5.41) is 3.62. The van der Waals surface area contributed by atoms with Crippen LogP contribution in [0.15, 0.2) is 88.1 Å². The molecule has 2 heterocycles. The minimum atomic E-state index is -0.673. The molecule has 3 aromatic carbocycles. The molecule has 0 atom stereocenters. The van der Waals surface area contributed by atoms with E-state index in [-0.39, 0.29) is 22.5 Å². The van der Waals surface area contributed by atoms with Gasteiger partial charge in [-0.3, -0.25) is 14.4 Å². The number of amides is 2. The molecule has 3 N–H and O–H groups in total. The molecule has 0 fully saturated rings. The summed E-state index contributed by atoms with van der Waals surface area (Å²) in [5.41, 5.74) is 7.87. The molecular formula is C29H21ClN2O5S. The molecule has 7 nitrogen and oxygen atoms in total. The molecule has 0 spiro atoms. The van der Waals surface area contributed by atoms with Crippen molar-refractivity contribution in [1.29, 1.82) is 0 Å². The van der Waals surface area contributed by atoms with Crippen LogP contribution in [-0.4, -0.2) is 18.4 Å². The maximum absolute atomic E-state index is 13.4. The average Bonchev–Trinajstić information content (AvgIpc) is 3.34. The summed E-state index contributed by atoms with van der Waals surface area (Å²) in [4.78, 5) is 39.1. The van der Waals surface area contributed by atoms with Crippen LogP contribution in [0.5, 0.6) is 5.75 Å². The van der Waals surface area contributed by atoms with Crippen molar-refractivity contribution in [2.24, 2.45) is 5.73 Å². The molecule has 0 radical (unpaired) electrons. The Kier molecular flexibility index (Phi) is 7.00. The van der Waals surface area contributed by atoms with E-state index < -0.39 is 23.9 Å². The van der Waals surface area contributed by atoms with Crippen molar-refractivity contribution >= 4 is 50.7 Å². The quantitative estimate of drug-likeness (QED) is 0.251. The predicted molar refractivity (Wildman–Crippen MR) is 150 cm³/mol. The van der Waals surface area contributed by atoms with Crippen molar-refractivity contribution < 1.29 is 18.7 Å². The molecule has 0 saturated heterocycles. The molecule has 5 aromatic rings. The molecule has 2 amide bonds. The van der Waals surface area contributed by atoms with Gasteiger partial charge in [-0.25, -0.2) is 0 Å². The Morgan fingerprint density at radius 1 is 1.00 bits per heavy atom. The summed E-state index contributed by atoms with van der Waals surface area (Å²) in [6.07, 6.45) is 0. The summed E-state index contributed by atoms with van der Waals surface area (Å²) in [6.45, 7) is 1.30. The Morgan fingerprint density at radius 3 is 2.32 bits per heavy atom. The number of rotatable bonds is 7. The van der Waals surface area contributed by atoms with Crippen LogP contribution in [0.4, 0.5) is 5.00 Å². The van der Waals surface area contributed by atoms with Crippen LogP contribution < -0.4 is 21.2 Å². The van der Waals surface area contributed by atoms with E-state index in [4.69, 9.17) is 26.5 Å². The zero-order valence-corrected chi connectivity index (χ0v) is 21.7. The summed E-state index contributed by atoms with van der Waals surface area (Å²) < 4.78 is 11.8. The van der Waals surface area contributed by atoms with Gasteiger partial charge in [-0.1, -0.05) is 72.3 Å². The summed E-state index contributed by atoms with van der Waals surface area (Å²) in [5.74, 6) is -1.18. The largest absolute Gasteiger partial charge is 0.476 e. The molecular weight excluding hydrogens is 524 g/mol. The van der Waals surface area contributed by atoms with Gasteiger partial charge in [0.2, 0.25) is 11.2 Å². The number of halogens is 1. The lowest BCUT2D eigenvalue weighted by Gasteiger charge is -2.12. The number of carbonyl (C=O) groups is 2. The number of fused-ring (bicyclic) bond motifs is 1. The van der Waals surface area contributed by atoms with Crippen LogP contribution >= 0.6 is 22.9 Å². The van der Waals surface area contributed by atoms with E-state index >= 15 is 0 Å².